The summed E-state index contributed by atoms with van der Waals surface area (Å²) in [5.41, 5.74) is 5.68. The van der Waals surface area contributed by atoms with Crippen LogP contribution in [0.4, 0.5) is 5.69 Å². The molecule has 0 bridgehead atoms. The first kappa shape index (κ1) is 17.4. The standard InChI is InChI=1S/C23H19NO2/c1-18-2-4-19(5-3-18)6-7-20-8-10-21(11-9-20)12-13-22-14-16-23(17-15-22)24(25)26/h2-17H,1H3/b7-6+,13-12+. The maximum atomic E-state index is 10.7. The molecule has 3 rings (SSSR count). The summed E-state index contributed by atoms with van der Waals surface area (Å²) in [6.45, 7) is 2.08. The molecule has 0 saturated heterocycles. The molecule has 0 heterocycles. The molecule has 0 amide bonds. The van der Waals surface area contributed by atoms with Gasteiger partial charge in [0.2, 0.25) is 0 Å². The van der Waals surface area contributed by atoms with Crippen LogP contribution in [0.3, 0.4) is 0 Å². The van der Waals surface area contributed by atoms with Crippen LogP contribution in [0.25, 0.3) is 24.3 Å². The third kappa shape index (κ3) is 4.77. The summed E-state index contributed by atoms with van der Waals surface area (Å²) in [5.74, 6) is 0. The average Bonchev–Trinajstić information content (AvgIpc) is 2.67. The molecule has 0 unspecified atom stereocenters. The van der Waals surface area contributed by atoms with E-state index in [4.69, 9.17) is 0 Å². The lowest BCUT2D eigenvalue weighted by Gasteiger charge is -1.98. The van der Waals surface area contributed by atoms with Gasteiger partial charge in [0, 0.05) is 12.1 Å². The highest BCUT2D eigenvalue weighted by Crippen LogP contribution is 2.15. The van der Waals surface area contributed by atoms with E-state index in [1.54, 1.807) is 12.1 Å². The maximum Gasteiger partial charge on any atom is 0.269 e. The second-order valence-corrected chi connectivity index (χ2v) is 6.09. The van der Waals surface area contributed by atoms with Crippen LogP contribution in [-0.2, 0) is 0 Å². The number of nitro benzene ring substituents is 1. The van der Waals surface area contributed by atoms with E-state index in [1.165, 1.54) is 23.3 Å². The fraction of sp³-hybridized carbons (Fsp3) is 0.0435. The zero-order valence-corrected chi connectivity index (χ0v) is 14.5. The summed E-state index contributed by atoms with van der Waals surface area (Å²) < 4.78 is 0. The summed E-state index contributed by atoms with van der Waals surface area (Å²) in [6, 6.07) is 23.2. The van der Waals surface area contributed by atoms with E-state index in [1.807, 2.05) is 12.2 Å². The van der Waals surface area contributed by atoms with Crippen molar-refractivity contribution in [1.82, 2.24) is 0 Å². The van der Waals surface area contributed by atoms with Gasteiger partial charge in [-0.3, -0.25) is 10.1 Å². The van der Waals surface area contributed by atoms with Crippen molar-refractivity contribution in [2.75, 3.05) is 0 Å². The average molecular weight is 341 g/mol. The minimum Gasteiger partial charge on any atom is -0.258 e. The quantitative estimate of drug-likeness (QED) is 0.313. The topological polar surface area (TPSA) is 43.1 Å². The zero-order chi connectivity index (χ0) is 18.4. The Morgan fingerprint density at radius 1 is 0.615 bits per heavy atom. The van der Waals surface area contributed by atoms with Gasteiger partial charge in [0.1, 0.15) is 0 Å². The van der Waals surface area contributed by atoms with E-state index >= 15 is 0 Å². The molecule has 26 heavy (non-hydrogen) atoms. The maximum absolute atomic E-state index is 10.7. The van der Waals surface area contributed by atoms with Gasteiger partial charge in [-0.15, -0.1) is 0 Å². The van der Waals surface area contributed by atoms with Crippen molar-refractivity contribution >= 4 is 30.0 Å². The Balaban J connectivity index is 1.65. The van der Waals surface area contributed by atoms with Crippen molar-refractivity contribution < 1.29 is 4.92 Å². The third-order valence-electron chi connectivity index (χ3n) is 4.05. The van der Waals surface area contributed by atoms with Crippen LogP contribution >= 0.6 is 0 Å². The van der Waals surface area contributed by atoms with E-state index in [9.17, 15) is 10.1 Å². The Morgan fingerprint density at radius 3 is 1.27 bits per heavy atom. The molecule has 0 aromatic heterocycles. The van der Waals surface area contributed by atoms with Crippen molar-refractivity contribution in [1.29, 1.82) is 0 Å². The first-order chi connectivity index (χ1) is 12.6. The van der Waals surface area contributed by atoms with Crippen LogP contribution in [0, 0.1) is 17.0 Å². The number of hydrogen-bond acceptors (Lipinski definition) is 2. The number of rotatable bonds is 5. The lowest BCUT2D eigenvalue weighted by Crippen LogP contribution is -1.86. The first-order valence-electron chi connectivity index (χ1n) is 8.37. The van der Waals surface area contributed by atoms with Crippen LogP contribution in [-0.4, -0.2) is 4.92 Å². The zero-order valence-electron chi connectivity index (χ0n) is 14.5. The molecule has 0 aliphatic heterocycles. The molecule has 3 aromatic carbocycles. The molecule has 0 N–H and O–H groups in total. The number of aryl methyl sites for hydroxylation is 1. The van der Waals surface area contributed by atoms with Crippen molar-refractivity contribution in [3.63, 3.8) is 0 Å². The number of hydrogen-bond donors (Lipinski definition) is 0. The van der Waals surface area contributed by atoms with E-state index in [0.29, 0.717) is 0 Å². The van der Waals surface area contributed by atoms with Crippen LogP contribution < -0.4 is 0 Å². The molecular formula is C23H19NO2. The molecule has 0 spiro atoms. The highest BCUT2D eigenvalue weighted by atomic mass is 16.6. The molecule has 0 aliphatic rings. The van der Waals surface area contributed by atoms with Crippen molar-refractivity contribution in [3.8, 4) is 0 Å². The summed E-state index contributed by atoms with van der Waals surface area (Å²) in [6.07, 6.45) is 8.13. The number of benzene rings is 3. The number of nitro groups is 1. The van der Waals surface area contributed by atoms with Gasteiger partial charge in [0.25, 0.3) is 5.69 Å². The van der Waals surface area contributed by atoms with Gasteiger partial charge in [0.05, 0.1) is 4.92 Å². The molecule has 3 heteroatoms. The molecule has 3 nitrogen and oxygen atoms in total. The van der Waals surface area contributed by atoms with E-state index < -0.39 is 4.92 Å². The van der Waals surface area contributed by atoms with E-state index in [0.717, 1.165) is 16.7 Å². The number of non-ortho nitro benzene ring substituents is 1. The van der Waals surface area contributed by atoms with E-state index in [-0.39, 0.29) is 5.69 Å². The predicted molar refractivity (Wildman–Crippen MR) is 109 cm³/mol. The Labute approximate surface area is 153 Å². The van der Waals surface area contributed by atoms with Crippen LogP contribution in [0.1, 0.15) is 27.8 Å². The normalized spacial score (nSPS) is 11.3. The molecule has 0 saturated carbocycles. The smallest absolute Gasteiger partial charge is 0.258 e. The molecule has 3 aromatic rings. The number of nitrogens with zero attached hydrogens (tertiary/aromatic N) is 1. The van der Waals surface area contributed by atoms with Gasteiger partial charge in [-0.05, 0) is 41.3 Å². The first-order valence-corrected chi connectivity index (χ1v) is 8.37. The minimum absolute atomic E-state index is 0.104. The largest absolute Gasteiger partial charge is 0.269 e. The Kier molecular flexibility index (Phi) is 5.40. The van der Waals surface area contributed by atoms with Gasteiger partial charge < -0.3 is 0 Å². The molecule has 128 valence electrons. The van der Waals surface area contributed by atoms with Crippen molar-refractivity contribution in [3.05, 3.63) is 111 Å². The summed E-state index contributed by atoms with van der Waals surface area (Å²) >= 11 is 0. The molecular weight excluding hydrogens is 322 g/mol. The summed E-state index contributed by atoms with van der Waals surface area (Å²) in [5, 5.41) is 10.7. The van der Waals surface area contributed by atoms with E-state index in [2.05, 4.69) is 67.6 Å². The molecule has 0 radical (unpaired) electrons. The fourth-order valence-electron chi connectivity index (χ4n) is 2.49. The monoisotopic (exact) mass is 341 g/mol. The van der Waals surface area contributed by atoms with Crippen LogP contribution in [0.2, 0.25) is 0 Å². The summed E-state index contributed by atoms with van der Waals surface area (Å²) in [4.78, 5) is 10.3. The lowest BCUT2D eigenvalue weighted by molar-refractivity contribution is -0.384. The molecule has 0 atom stereocenters. The highest BCUT2D eigenvalue weighted by molar-refractivity contribution is 5.73. The fourth-order valence-corrected chi connectivity index (χ4v) is 2.49. The molecule has 0 fully saturated rings. The second-order valence-electron chi connectivity index (χ2n) is 6.09. The van der Waals surface area contributed by atoms with Crippen molar-refractivity contribution in [2.45, 2.75) is 6.92 Å². The lowest BCUT2D eigenvalue weighted by atomic mass is 10.1. The van der Waals surface area contributed by atoms with Gasteiger partial charge in [-0.25, -0.2) is 0 Å². The van der Waals surface area contributed by atoms with Gasteiger partial charge in [0.15, 0.2) is 0 Å². The van der Waals surface area contributed by atoms with Crippen LogP contribution in [0.15, 0.2) is 72.8 Å². The van der Waals surface area contributed by atoms with Gasteiger partial charge in [-0.2, -0.15) is 0 Å². The highest BCUT2D eigenvalue weighted by Gasteiger charge is 2.02. The Morgan fingerprint density at radius 2 is 0.923 bits per heavy atom. The Bertz CT molecular complexity index is 935. The minimum atomic E-state index is -0.393. The third-order valence-corrected chi connectivity index (χ3v) is 4.05. The second kappa shape index (κ2) is 8.08. The molecule has 0 aliphatic carbocycles. The van der Waals surface area contributed by atoms with Crippen LogP contribution in [0.5, 0.6) is 0 Å². The van der Waals surface area contributed by atoms with Gasteiger partial charge >= 0.3 is 0 Å². The SMILES string of the molecule is Cc1ccc(/C=C/c2ccc(/C=C/c3ccc([N+](=O)[O-])cc3)cc2)cc1. The van der Waals surface area contributed by atoms with Crippen molar-refractivity contribution in [2.24, 2.45) is 0 Å². The van der Waals surface area contributed by atoms with Gasteiger partial charge in [-0.1, -0.05) is 78.4 Å². The Hall–Kier alpha value is -3.46. The predicted octanol–water partition coefficient (Wildman–Crippen LogP) is 6.24. The summed E-state index contributed by atoms with van der Waals surface area (Å²) in [7, 11) is 0.